The van der Waals surface area contributed by atoms with Crippen molar-refractivity contribution in [3.8, 4) is 10.6 Å². The van der Waals surface area contributed by atoms with Gasteiger partial charge >= 0.3 is 6.18 Å². The molecule has 198 valence electrons. The number of thiazole rings is 1. The largest absolute Gasteiger partial charge is 0.405 e. The summed E-state index contributed by atoms with van der Waals surface area (Å²) in [7, 11) is 0. The summed E-state index contributed by atoms with van der Waals surface area (Å²) in [5.74, 6) is -0.0207. The number of aromatic nitrogens is 3. The van der Waals surface area contributed by atoms with Gasteiger partial charge in [-0.3, -0.25) is 4.90 Å². The first-order valence-electron chi connectivity index (χ1n) is 12.2. The highest BCUT2D eigenvalue weighted by Gasteiger charge is 2.75. The summed E-state index contributed by atoms with van der Waals surface area (Å²) >= 11 is 1.43. The third-order valence-electron chi connectivity index (χ3n) is 7.51. The smallest absolute Gasteiger partial charge is 0.388 e. The fourth-order valence-corrected chi connectivity index (χ4v) is 6.83. The van der Waals surface area contributed by atoms with Crippen LogP contribution in [0.25, 0.3) is 20.8 Å². The second-order valence-electron chi connectivity index (χ2n) is 9.83. The molecule has 3 heterocycles. The molecular formula is C24H27F3N6O3S. The van der Waals surface area contributed by atoms with E-state index in [2.05, 4.69) is 25.5 Å². The second kappa shape index (κ2) is 9.02. The van der Waals surface area contributed by atoms with E-state index in [1.165, 1.54) is 11.3 Å². The van der Waals surface area contributed by atoms with Gasteiger partial charge in [-0.15, -0.1) is 11.3 Å². The lowest BCUT2D eigenvalue weighted by Gasteiger charge is -2.32. The number of rotatable bonds is 6. The van der Waals surface area contributed by atoms with E-state index < -0.39 is 30.5 Å². The normalized spacial score (nSPS) is 29.9. The molecule has 6 rings (SSSR count). The predicted molar refractivity (Wildman–Crippen MR) is 133 cm³/mol. The Hall–Kier alpha value is -2.58. The van der Waals surface area contributed by atoms with Gasteiger partial charge in [-0.2, -0.15) is 18.2 Å². The van der Waals surface area contributed by atoms with E-state index in [9.17, 15) is 23.4 Å². The molecule has 13 heteroatoms. The van der Waals surface area contributed by atoms with E-state index in [4.69, 9.17) is 9.72 Å². The first-order valence-corrected chi connectivity index (χ1v) is 13.0. The minimum absolute atomic E-state index is 0.116. The van der Waals surface area contributed by atoms with Crippen molar-refractivity contribution in [2.45, 2.75) is 43.3 Å². The van der Waals surface area contributed by atoms with Crippen LogP contribution in [0.2, 0.25) is 0 Å². The zero-order valence-corrected chi connectivity index (χ0v) is 20.8. The molecule has 4 N–H and O–H groups in total. The highest BCUT2D eigenvalue weighted by atomic mass is 32.1. The number of nitrogens with one attached hydrogen (secondary N) is 2. The van der Waals surface area contributed by atoms with E-state index in [1.54, 1.807) is 6.92 Å². The molecule has 0 spiro atoms. The van der Waals surface area contributed by atoms with Crippen LogP contribution < -0.4 is 10.6 Å². The first-order chi connectivity index (χ1) is 17.6. The number of aliphatic hydroxyl groups is 2. The lowest BCUT2D eigenvalue weighted by molar-refractivity contribution is -0.115. The minimum Gasteiger partial charge on any atom is -0.388 e. The summed E-state index contributed by atoms with van der Waals surface area (Å²) < 4.78 is 44.9. The Bertz CT molecular complexity index is 1280. The quantitative estimate of drug-likeness (QED) is 0.377. The average molecular weight is 537 g/mol. The van der Waals surface area contributed by atoms with Gasteiger partial charge in [-0.05, 0) is 25.5 Å². The van der Waals surface area contributed by atoms with Crippen LogP contribution in [0, 0.1) is 12.8 Å². The summed E-state index contributed by atoms with van der Waals surface area (Å²) in [6.45, 7) is 3.01. The van der Waals surface area contributed by atoms with Gasteiger partial charge in [-0.1, -0.05) is 12.1 Å². The number of anilines is 2. The monoisotopic (exact) mass is 536 g/mol. The van der Waals surface area contributed by atoms with Gasteiger partial charge in [-0.25, -0.2) is 9.97 Å². The summed E-state index contributed by atoms with van der Waals surface area (Å²) in [6.07, 6.45) is -5.01. The average Bonchev–Trinajstić information content (AvgIpc) is 3.12. The molecule has 9 nitrogen and oxygen atoms in total. The van der Waals surface area contributed by atoms with Crippen LogP contribution in [0.1, 0.15) is 12.1 Å². The van der Waals surface area contributed by atoms with Crippen molar-refractivity contribution in [2.24, 2.45) is 5.92 Å². The lowest BCUT2D eigenvalue weighted by Crippen LogP contribution is -2.49. The minimum atomic E-state index is -4.43. The first kappa shape index (κ1) is 24.7. The number of hydrogen-bond donors (Lipinski definition) is 4. The fourth-order valence-electron chi connectivity index (χ4n) is 5.77. The molecule has 1 aliphatic heterocycles. The van der Waals surface area contributed by atoms with Crippen molar-refractivity contribution in [1.29, 1.82) is 0 Å². The third-order valence-corrected chi connectivity index (χ3v) is 8.56. The Morgan fingerprint density at radius 2 is 1.95 bits per heavy atom. The number of halogens is 3. The summed E-state index contributed by atoms with van der Waals surface area (Å²) in [5.41, 5.74) is 0.550. The molecule has 3 fully saturated rings. The van der Waals surface area contributed by atoms with Gasteiger partial charge < -0.3 is 25.6 Å². The lowest BCUT2D eigenvalue weighted by atomic mass is 10.0. The van der Waals surface area contributed by atoms with Crippen molar-refractivity contribution in [3.63, 3.8) is 0 Å². The summed E-state index contributed by atoms with van der Waals surface area (Å²) in [5, 5.41) is 28.6. The molecule has 2 saturated carbocycles. The Morgan fingerprint density at radius 3 is 2.62 bits per heavy atom. The standard InChI is InChI=1S/C24H27F3N6O3S/c1-12-17(21-31-14-4-2-3-5-16(14)37-21)20(32-22(29-12)28-11-23(25,26)27)30-15-10-13-18(24(13,35)19(15)34)33-6-8-36-9-7-33/h2-5,13,15,18-19,34-35H,6-11H2,1H3,(H2,28,29,30,32). The molecule has 0 radical (unpaired) electrons. The maximum atomic E-state index is 12.8. The van der Waals surface area contributed by atoms with E-state index in [0.717, 1.165) is 10.2 Å². The third kappa shape index (κ3) is 4.42. The van der Waals surface area contributed by atoms with Gasteiger partial charge in [0.25, 0.3) is 0 Å². The molecule has 3 aliphatic rings. The SMILES string of the molecule is Cc1nc(NCC(F)(F)F)nc(NC2CC3C(N4CCOCC4)C3(O)C2O)c1-c1nc2ccccc2s1. The van der Waals surface area contributed by atoms with Crippen LogP contribution in [0.5, 0.6) is 0 Å². The Morgan fingerprint density at radius 1 is 1.19 bits per heavy atom. The fraction of sp³-hybridized carbons (Fsp3) is 0.542. The zero-order chi connectivity index (χ0) is 25.9. The highest BCUT2D eigenvalue weighted by molar-refractivity contribution is 7.21. The van der Waals surface area contributed by atoms with Gasteiger partial charge in [0, 0.05) is 25.0 Å². The number of hydrogen-bond acceptors (Lipinski definition) is 10. The van der Waals surface area contributed by atoms with E-state index in [1.807, 2.05) is 24.3 Å². The molecule has 1 aromatic carbocycles. The Balaban J connectivity index is 1.30. The maximum Gasteiger partial charge on any atom is 0.405 e. The van der Waals surface area contributed by atoms with Gasteiger partial charge in [0.05, 0.1) is 40.7 Å². The van der Waals surface area contributed by atoms with Crippen molar-refractivity contribution in [2.75, 3.05) is 43.5 Å². The van der Waals surface area contributed by atoms with E-state index in [-0.39, 0.29) is 23.7 Å². The number of aryl methyl sites for hydroxylation is 1. The van der Waals surface area contributed by atoms with Gasteiger partial charge in [0.1, 0.15) is 29.1 Å². The maximum absolute atomic E-state index is 12.8. The summed E-state index contributed by atoms with van der Waals surface area (Å²) in [6, 6.07) is 6.94. The van der Waals surface area contributed by atoms with Crippen LogP contribution >= 0.6 is 11.3 Å². The molecule has 1 saturated heterocycles. The number of benzene rings is 1. The topological polar surface area (TPSA) is 116 Å². The highest BCUT2D eigenvalue weighted by Crippen LogP contribution is 2.59. The van der Waals surface area contributed by atoms with Crippen LogP contribution in [0.4, 0.5) is 24.9 Å². The molecule has 0 amide bonds. The zero-order valence-electron chi connectivity index (χ0n) is 20.0. The molecule has 5 atom stereocenters. The number of aliphatic hydroxyl groups excluding tert-OH is 1. The van der Waals surface area contributed by atoms with Crippen molar-refractivity contribution in [1.82, 2.24) is 19.9 Å². The van der Waals surface area contributed by atoms with E-state index >= 15 is 0 Å². The molecule has 5 unspecified atom stereocenters. The molecule has 3 aromatic rings. The van der Waals surface area contributed by atoms with Crippen molar-refractivity contribution >= 4 is 33.3 Å². The summed E-state index contributed by atoms with van der Waals surface area (Å²) in [4.78, 5) is 15.5. The molecule has 2 aliphatic carbocycles. The number of fused-ring (bicyclic) bond motifs is 2. The van der Waals surface area contributed by atoms with Crippen LogP contribution in [-0.2, 0) is 4.74 Å². The number of morpholine rings is 1. The van der Waals surface area contributed by atoms with Crippen LogP contribution in [0.15, 0.2) is 24.3 Å². The number of nitrogens with zero attached hydrogens (tertiary/aromatic N) is 4. The van der Waals surface area contributed by atoms with E-state index in [0.29, 0.717) is 49.0 Å². The van der Waals surface area contributed by atoms with Crippen molar-refractivity contribution in [3.05, 3.63) is 30.0 Å². The van der Waals surface area contributed by atoms with Crippen LogP contribution in [-0.4, -0.2) is 92.9 Å². The van der Waals surface area contributed by atoms with Crippen molar-refractivity contribution < 1.29 is 28.1 Å². The Kier molecular flexibility index (Phi) is 6.03. The van der Waals surface area contributed by atoms with Crippen LogP contribution in [0.3, 0.4) is 0 Å². The molecular weight excluding hydrogens is 509 g/mol. The number of alkyl halides is 3. The van der Waals surface area contributed by atoms with Gasteiger partial charge in [0.2, 0.25) is 5.95 Å². The predicted octanol–water partition coefficient (Wildman–Crippen LogP) is 2.64. The number of ether oxygens (including phenoxy) is 1. The Labute approximate surface area is 214 Å². The molecule has 0 bridgehead atoms. The second-order valence-corrected chi connectivity index (χ2v) is 10.9. The number of para-hydroxylation sites is 1. The molecule has 37 heavy (non-hydrogen) atoms. The molecule has 2 aromatic heterocycles. The van der Waals surface area contributed by atoms with Gasteiger partial charge in [0.15, 0.2) is 0 Å².